The fourth-order valence-electron chi connectivity index (χ4n) is 4.46. The first-order chi connectivity index (χ1) is 13.2. The van der Waals surface area contributed by atoms with Crippen molar-refractivity contribution < 1.29 is 4.74 Å². The molecular weight excluding hydrogens is 467 g/mol. The number of aliphatic imine (C=N–C) groups is 1. The van der Waals surface area contributed by atoms with Crippen LogP contribution < -0.4 is 5.32 Å². The SMILES string of the molecule is CCNC(=NCC(C)N1CCN(CC)CC1)N1CCC(N2CCOCC2)C1.I. The molecule has 3 saturated heterocycles. The molecule has 0 saturated carbocycles. The van der Waals surface area contributed by atoms with E-state index >= 15 is 0 Å². The lowest BCUT2D eigenvalue weighted by atomic mass is 10.2. The van der Waals surface area contributed by atoms with Crippen LogP contribution in [0.25, 0.3) is 0 Å². The first kappa shape index (κ1) is 24.1. The molecule has 1 N–H and O–H groups in total. The molecule has 7 nitrogen and oxygen atoms in total. The summed E-state index contributed by atoms with van der Waals surface area (Å²) in [5.41, 5.74) is 0. The predicted octanol–water partition coefficient (Wildman–Crippen LogP) is 1.00. The minimum absolute atomic E-state index is 0. The van der Waals surface area contributed by atoms with Crippen molar-refractivity contribution in [1.82, 2.24) is 24.9 Å². The molecule has 8 heteroatoms. The quantitative estimate of drug-likeness (QED) is 0.328. The Hall–Kier alpha value is -0.160. The Balaban J connectivity index is 0.00000280. The normalized spacial score (nSPS) is 26.9. The number of guanidine groups is 1. The van der Waals surface area contributed by atoms with E-state index in [1.54, 1.807) is 0 Å². The van der Waals surface area contributed by atoms with Crippen LogP contribution in [-0.2, 0) is 4.74 Å². The van der Waals surface area contributed by atoms with Crippen LogP contribution in [0.5, 0.6) is 0 Å². The second-order valence-corrected chi connectivity index (χ2v) is 8.05. The van der Waals surface area contributed by atoms with Crippen molar-refractivity contribution in [3.05, 3.63) is 0 Å². The molecule has 0 radical (unpaired) electrons. The molecule has 3 heterocycles. The number of piperazine rings is 1. The predicted molar refractivity (Wildman–Crippen MR) is 127 cm³/mol. The number of rotatable bonds is 6. The summed E-state index contributed by atoms with van der Waals surface area (Å²) in [4.78, 5) is 15.2. The van der Waals surface area contributed by atoms with Gasteiger partial charge in [0, 0.05) is 71.0 Å². The van der Waals surface area contributed by atoms with Crippen LogP contribution in [0.4, 0.5) is 0 Å². The fraction of sp³-hybridized carbons (Fsp3) is 0.950. The second kappa shape index (κ2) is 12.5. The number of hydrogen-bond acceptors (Lipinski definition) is 5. The highest BCUT2D eigenvalue weighted by Gasteiger charge is 2.30. The number of likely N-dealkylation sites (tertiary alicyclic amines) is 1. The molecule has 3 aliphatic rings. The maximum atomic E-state index is 5.51. The van der Waals surface area contributed by atoms with E-state index in [9.17, 15) is 0 Å². The van der Waals surface area contributed by atoms with Crippen molar-refractivity contribution in [3.63, 3.8) is 0 Å². The monoisotopic (exact) mass is 508 g/mol. The average Bonchev–Trinajstić information content (AvgIpc) is 3.21. The van der Waals surface area contributed by atoms with Crippen LogP contribution in [0.3, 0.4) is 0 Å². The number of morpholine rings is 1. The zero-order valence-corrected chi connectivity index (χ0v) is 20.4. The summed E-state index contributed by atoms with van der Waals surface area (Å²) in [5.74, 6) is 1.10. The Labute approximate surface area is 188 Å². The van der Waals surface area contributed by atoms with Gasteiger partial charge in [0.05, 0.1) is 19.8 Å². The lowest BCUT2D eigenvalue weighted by Crippen LogP contribution is -2.50. The summed E-state index contributed by atoms with van der Waals surface area (Å²) < 4.78 is 5.51. The van der Waals surface area contributed by atoms with Gasteiger partial charge in [0.15, 0.2) is 5.96 Å². The highest BCUT2D eigenvalue weighted by Crippen LogP contribution is 2.17. The standard InChI is InChI=1S/C20H40N6O.HI/c1-4-21-20(22-16-18(3)24-10-8-23(5-2)9-11-24)26-7-6-19(17-26)25-12-14-27-15-13-25;/h18-19H,4-17H2,1-3H3,(H,21,22);1H. The Bertz CT molecular complexity index is 466. The zero-order chi connectivity index (χ0) is 19.1. The van der Waals surface area contributed by atoms with Crippen LogP contribution in [0.2, 0.25) is 0 Å². The van der Waals surface area contributed by atoms with Crippen LogP contribution in [0.15, 0.2) is 4.99 Å². The molecule has 164 valence electrons. The van der Waals surface area contributed by atoms with E-state index in [2.05, 4.69) is 45.7 Å². The van der Waals surface area contributed by atoms with Gasteiger partial charge < -0.3 is 19.9 Å². The van der Waals surface area contributed by atoms with E-state index in [1.165, 1.54) is 39.1 Å². The van der Waals surface area contributed by atoms with Gasteiger partial charge in [-0.15, -0.1) is 24.0 Å². The van der Waals surface area contributed by atoms with Crippen LogP contribution in [0.1, 0.15) is 27.2 Å². The third-order valence-corrected chi connectivity index (χ3v) is 6.34. The zero-order valence-electron chi connectivity index (χ0n) is 18.1. The topological polar surface area (TPSA) is 46.6 Å². The van der Waals surface area contributed by atoms with Gasteiger partial charge in [-0.2, -0.15) is 0 Å². The molecule has 3 fully saturated rings. The molecule has 2 unspecified atom stereocenters. The molecule has 0 aliphatic carbocycles. The molecule has 0 bridgehead atoms. The smallest absolute Gasteiger partial charge is 0.194 e. The Morgan fingerprint density at radius 3 is 2.43 bits per heavy atom. The molecule has 3 aliphatic heterocycles. The molecule has 2 atom stereocenters. The van der Waals surface area contributed by atoms with Gasteiger partial charge in [-0.25, -0.2) is 0 Å². The van der Waals surface area contributed by atoms with E-state index < -0.39 is 0 Å². The number of likely N-dealkylation sites (N-methyl/N-ethyl adjacent to an activating group) is 1. The van der Waals surface area contributed by atoms with Gasteiger partial charge >= 0.3 is 0 Å². The average molecular weight is 508 g/mol. The highest BCUT2D eigenvalue weighted by molar-refractivity contribution is 14.0. The Kier molecular flexibility index (Phi) is 10.8. The van der Waals surface area contributed by atoms with Crippen molar-refractivity contribution >= 4 is 29.9 Å². The lowest BCUT2D eigenvalue weighted by Gasteiger charge is -2.37. The molecule has 0 spiro atoms. The number of hydrogen-bond donors (Lipinski definition) is 1. The summed E-state index contributed by atoms with van der Waals surface area (Å²) in [6.07, 6.45) is 1.24. The van der Waals surface area contributed by atoms with Crippen molar-refractivity contribution in [2.45, 2.75) is 39.3 Å². The van der Waals surface area contributed by atoms with Crippen LogP contribution in [-0.4, -0.2) is 123 Å². The first-order valence-corrected chi connectivity index (χ1v) is 11.0. The molecule has 0 aromatic heterocycles. The van der Waals surface area contributed by atoms with Gasteiger partial charge in [0.25, 0.3) is 0 Å². The van der Waals surface area contributed by atoms with E-state index in [-0.39, 0.29) is 24.0 Å². The molecule has 0 amide bonds. The van der Waals surface area contributed by atoms with Gasteiger partial charge in [0.2, 0.25) is 0 Å². The number of halogens is 1. The Morgan fingerprint density at radius 2 is 1.79 bits per heavy atom. The van der Waals surface area contributed by atoms with Crippen molar-refractivity contribution in [1.29, 1.82) is 0 Å². The third kappa shape index (κ3) is 6.68. The lowest BCUT2D eigenvalue weighted by molar-refractivity contribution is 0.0195. The van der Waals surface area contributed by atoms with E-state index in [0.29, 0.717) is 12.1 Å². The third-order valence-electron chi connectivity index (χ3n) is 6.34. The van der Waals surface area contributed by atoms with E-state index in [0.717, 1.165) is 58.4 Å². The second-order valence-electron chi connectivity index (χ2n) is 8.05. The fourth-order valence-corrected chi connectivity index (χ4v) is 4.46. The molecule has 0 aromatic carbocycles. The molecular formula is C20H41IN6O. The minimum atomic E-state index is 0. The summed E-state index contributed by atoms with van der Waals surface area (Å²) in [7, 11) is 0. The van der Waals surface area contributed by atoms with Gasteiger partial charge in [-0.1, -0.05) is 6.92 Å². The summed E-state index contributed by atoms with van der Waals surface area (Å²) in [6.45, 7) is 20.6. The van der Waals surface area contributed by atoms with Crippen LogP contribution >= 0.6 is 24.0 Å². The minimum Gasteiger partial charge on any atom is -0.379 e. The van der Waals surface area contributed by atoms with Crippen LogP contribution in [0, 0.1) is 0 Å². The number of nitrogens with one attached hydrogen (secondary N) is 1. The molecule has 28 heavy (non-hydrogen) atoms. The summed E-state index contributed by atoms with van der Waals surface area (Å²) in [6, 6.07) is 1.16. The summed E-state index contributed by atoms with van der Waals surface area (Å²) in [5, 5.41) is 3.53. The molecule has 0 aromatic rings. The maximum Gasteiger partial charge on any atom is 0.194 e. The molecule has 3 rings (SSSR count). The van der Waals surface area contributed by atoms with Crippen molar-refractivity contribution in [2.24, 2.45) is 4.99 Å². The number of ether oxygens (including phenoxy) is 1. The van der Waals surface area contributed by atoms with Gasteiger partial charge in [0.1, 0.15) is 0 Å². The van der Waals surface area contributed by atoms with Gasteiger partial charge in [-0.05, 0) is 26.8 Å². The van der Waals surface area contributed by atoms with E-state index in [4.69, 9.17) is 9.73 Å². The van der Waals surface area contributed by atoms with Crippen molar-refractivity contribution in [3.8, 4) is 0 Å². The summed E-state index contributed by atoms with van der Waals surface area (Å²) >= 11 is 0. The first-order valence-electron chi connectivity index (χ1n) is 11.0. The van der Waals surface area contributed by atoms with E-state index in [1.807, 2.05) is 0 Å². The highest BCUT2D eigenvalue weighted by atomic mass is 127. The van der Waals surface area contributed by atoms with Crippen molar-refractivity contribution in [2.75, 3.05) is 85.2 Å². The van der Waals surface area contributed by atoms with Gasteiger partial charge in [-0.3, -0.25) is 14.8 Å². The largest absolute Gasteiger partial charge is 0.379 e. The maximum absolute atomic E-state index is 5.51. The number of nitrogens with zero attached hydrogens (tertiary/aromatic N) is 5. The Morgan fingerprint density at radius 1 is 1.07 bits per heavy atom.